The number of fused-ring (bicyclic) bond motifs is 5. The summed E-state index contributed by atoms with van der Waals surface area (Å²) in [5, 5.41) is 16.5. The molecule has 4 heterocycles. The molecule has 252 valence electrons. The van der Waals surface area contributed by atoms with Crippen molar-refractivity contribution in [3.63, 3.8) is 0 Å². The van der Waals surface area contributed by atoms with Gasteiger partial charge in [0.15, 0.2) is 10.5 Å². The highest BCUT2D eigenvalue weighted by Gasteiger charge is 2.42. The molecule has 14 nitrogen and oxygen atoms in total. The van der Waals surface area contributed by atoms with E-state index in [4.69, 9.17) is 19.2 Å². The number of para-hydroxylation sites is 1. The molecule has 4 bridgehead atoms. The second-order valence-electron chi connectivity index (χ2n) is 11.6. The number of ether oxygens (including phenoxy) is 3. The van der Waals surface area contributed by atoms with Crippen LogP contribution in [0.1, 0.15) is 18.9 Å². The standard InChI is InChI=1S/C34H32N6O8S/c1-2-46-30-19-26-22-48-32-12-13-38-33(36-32)28(20-35-38)24-16-25(18-27(17-24)47-21-23-8-4-3-5-9-23)39(15-14-37(26)34(30)41)49(44,45)31-11-7-6-10-29(31)40(42)43/h3-13,16-18,20,26,30H,2,14-15,19,21-22H2,1H3/t26-,30+/m0/s1. The monoisotopic (exact) mass is 684 g/mol. The molecular formula is C34H32N6O8S. The highest BCUT2D eigenvalue weighted by atomic mass is 32.2. The Balaban J connectivity index is 1.41. The van der Waals surface area contributed by atoms with Crippen molar-refractivity contribution in [2.24, 2.45) is 0 Å². The zero-order valence-electron chi connectivity index (χ0n) is 26.4. The zero-order valence-corrected chi connectivity index (χ0v) is 27.2. The van der Waals surface area contributed by atoms with Crippen LogP contribution >= 0.6 is 0 Å². The van der Waals surface area contributed by atoms with Crippen LogP contribution in [0, 0.1) is 10.1 Å². The summed E-state index contributed by atoms with van der Waals surface area (Å²) in [5.74, 6) is 0.369. The third kappa shape index (κ3) is 6.25. The fourth-order valence-electron chi connectivity index (χ4n) is 6.19. The van der Waals surface area contributed by atoms with Gasteiger partial charge in [0, 0.05) is 49.5 Å². The van der Waals surface area contributed by atoms with E-state index in [1.807, 2.05) is 30.3 Å². The van der Waals surface area contributed by atoms with Crippen LogP contribution < -0.4 is 13.8 Å². The summed E-state index contributed by atoms with van der Waals surface area (Å²) in [6, 6.07) is 20.9. The Kier molecular flexibility index (Phi) is 8.60. The fourth-order valence-corrected chi connectivity index (χ4v) is 7.79. The lowest BCUT2D eigenvalue weighted by Crippen LogP contribution is -2.44. The van der Waals surface area contributed by atoms with Crippen molar-refractivity contribution in [1.29, 1.82) is 0 Å². The lowest BCUT2D eigenvalue weighted by Gasteiger charge is -2.30. The summed E-state index contributed by atoms with van der Waals surface area (Å²) >= 11 is 0. The maximum atomic E-state index is 14.6. The zero-order chi connectivity index (χ0) is 34.1. The average Bonchev–Trinajstić information content (AvgIpc) is 3.66. The maximum Gasteiger partial charge on any atom is 0.289 e. The molecule has 0 spiro atoms. The molecule has 1 saturated heterocycles. The first-order chi connectivity index (χ1) is 23.7. The van der Waals surface area contributed by atoms with Gasteiger partial charge in [0.1, 0.15) is 25.1 Å². The van der Waals surface area contributed by atoms with E-state index in [1.54, 1.807) is 53.0 Å². The van der Waals surface area contributed by atoms with E-state index >= 15 is 0 Å². The molecule has 0 aliphatic carbocycles. The van der Waals surface area contributed by atoms with Crippen molar-refractivity contribution in [2.75, 3.05) is 30.6 Å². The summed E-state index contributed by atoms with van der Waals surface area (Å²) in [5.41, 5.74) is 2.05. The maximum absolute atomic E-state index is 14.6. The van der Waals surface area contributed by atoms with Gasteiger partial charge in [-0.25, -0.2) is 12.9 Å². The fraction of sp³-hybridized carbons (Fsp3) is 0.265. The molecule has 1 fully saturated rings. The van der Waals surface area contributed by atoms with Crippen molar-refractivity contribution in [3.05, 3.63) is 107 Å². The number of nitro groups is 1. The molecule has 1 amide bonds. The van der Waals surface area contributed by atoms with Gasteiger partial charge < -0.3 is 19.1 Å². The minimum Gasteiger partial charge on any atom is -0.489 e. The molecule has 0 N–H and O–H groups in total. The van der Waals surface area contributed by atoms with Gasteiger partial charge in [-0.3, -0.25) is 19.2 Å². The summed E-state index contributed by atoms with van der Waals surface area (Å²) in [6.45, 7) is 2.10. The van der Waals surface area contributed by atoms with Gasteiger partial charge in [-0.15, -0.1) is 0 Å². The Morgan fingerprint density at radius 1 is 1.04 bits per heavy atom. The molecular weight excluding hydrogens is 652 g/mol. The molecule has 2 aliphatic heterocycles. The van der Waals surface area contributed by atoms with Crippen LogP contribution in [0.2, 0.25) is 0 Å². The van der Waals surface area contributed by atoms with Gasteiger partial charge in [-0.05, 0) is 36.2 Å². The number of anilines is 1. The number of hydrogen-bond acceptors (Lipinski definition) is 10. The lowest BCUT2D eigenvalue weighted by molar-refractivity contribution is -0.387. The van der Waals surface area contributed by atoms with Crippen molar-refractivity contribution in [1.82, 2.24) is 19.5 Å². The van der Waals surface area contributed by atoms with Crippen LogP contribution in [0.5, 0.6) is 11.6 Å². The van der Waals surface area contributed by atoms with Gasteiger partial charge in [-0.2, -0.15) is 10.1 Å². The summed E-state index contributed by atoms with van der Waals surface area (Å²) in [6.07, 6.45) is 2.92. The third-order valence-corrected chi connectivity index (χ3v) is 10.4. The SMILES string of the molecule is CCO[C@@H]1C[C@H]2COc3ccn4ncc(c4n3)-c3cc(OCc4ccccc4)cc(c3)N(S(=O)(=O)c3ccccc3[N+](=O)[O-])CCN2C1=O. The average molecular weight is 685 g/mol. The van der Waals surface area contributed by atoms with Crippen LogP contribution in [0.25, 0.3) is 16.8 Å². The number of aromatic nitrogens is 3. The Hall–Kier alpha value is -5.54. The Morgan fingerprint density at radius 3 is 2.63 bits per heavy atom. The first kappa shape index (κ1) is 32.0. The molecule has 0 unspecified atom stereocenters. The Labute approximate surface area is 281 Å². The molecule has 7 rings (SSSR count). The Bertz CT molecular complexity index is 2140. The number of hydrogen-bond donors (Lipinski definition) is 0. The molecule has 0 saturated carbocycles. The molecule has 49 heavy (non-hydrogen) atoms. The van der Waals surface area contributed by atoms with Crippen molar-refractivity contribution in [2.45, 2.75) is 37.0 Å². The number of rotatable bonds is 8. The predicted octanol–water partition coefficient (Wildman–Crippen LogP) is 4.48. The number of benzene rings is 3. The minimum atomic E-state index is -4.59. The van der Waals surface area contributed by atoms with E-state index in [0.717, 1.165) is 15.9 Å². The number of carbonyl (C=O) groups is 1. The van der Waals surface area contributed by atoms with Gasteiger partial charge in [0.2, 0.25) is 5.88 Å². The molecule has 5 aromatic rings. The van der Waals surface area contributed by atoms with E-state index in [2.05, 4.69) is 5.10 Å². The van der Waals surface area contributed by atoms with Crippen LogP contribution in [0.15, 0.2) is 96.2 Å². The third-order valence-electron chi connectivity index (χ3n) is 8.53. The number of carbonyl (C=O) groups excluding carboxylic acids is 1. The summed E-state index contributed by atoms with van der Waals surface area (Å²) < 4.78 is 49.9. The second-order valence-corrected chi connectivity index (χ2v) is 13.4. The van der Waals surface area contributed by atoms with Crippen molar-refractivity contribution in [3.8, 4) is 22.8 Å². The molecule has 2 aliphatic rings. The molecule has 15 heteroatoms. The normalized spacial score (nSPS) is 17.9. The second kappa shape index (κ2) is 13.2. The molecule has 2 aromatic heterocycles. The highest BCUT2D eigenvalue weighted by Crippen LogP contribution is 2.37. The Morgan fingerprint density at radius 2 is 1.84 bits per heavy atom. The largest absolute Gasteiger partial charge is 0.489 e. The van der Waals surface area contributed by atoms with E-state index < -0.39 is 37.7 Å². The van der Waals surface area contributed by atoms with E-state index in [-0.39, 0.29) is 37.9 Å². The highest BCUT2D eigenvalue weighted by molar-refractivity contribution is 7.93. The minimum absolute atomic E-state index is 0.0494. The summed E-state index contributed by atoms with van der Waals surface area (Å²) in [4.78, 5) is 30.7. The first-order valence-electron chi connectivity index (χ1n) is 15.7. The van der Waals surface area contributed by atoms with E-state index in [9.17, 15) is 23.3 Å². The predicted molar refractivity (Wildman–Crippen MR) is 178 cm³/mol. The van der Waals surface area contributed by atoms with Crippen LogP contribution in [-0.4, -0.2) is 77.2 Å². The first-order valence-corrected chi connectivity index (χ1v) is 17.1. The number of nitro benzene ring substituents is 1. The quantitative estimate of drug-likeness (QED) is 0.169. The molecule has 2 atom stereocenters. The number of sulfonamides is 1. The lowest BCUT2D eigenvalue weighted by atomic mass is 10.1. The van der Waals surface area contributed by atoms with Crippen molar-refractivity contribution >= 4 is 33.0 Å². The van der Waals surface area contributed by atoms with Crippen LogP contribution in [-0.2, 0) is 26.2 Å². The van der Waals surface area contributed by atoms with E-state index in [1.165, 1.54) is 18.2 Å². The topological polar surface area (TPSA) is 159 Å². The number of nitrogens with zero attached hydrogens (tertiary/aromatic N) is 6. The van der Waals surface area contributed by atoms with Gasteiger partial charge in [-0.1, -0.05) is 42.5 Å². The van der Waals surface area contributed by atoms with Crippen LogP contribution in [0.3, 0.4) is 0 Å². The molecule has 3 aromatic carbocycles. The molecule has 0 radical (unpaired) electrons. The summed E-state index contributed by atoms with van der Waals surface area (Å²) in [7, 11) is -4.59. The van der Waals surface area contributed by atoms with Gasteiger partial charge >= 0.3 is 0 Å². The smallest absolute Gasteiger partial charge is 0.289 e. The van der Waals surface area contributed by atoms with E-state index in [0.29, 0.717) is 41.4 Å². The van der Waals surface area contributed by atoms with Gasteiger partial charge in [0.25, 0.3) is 21.6 Å². The van der Waals surface area contributed by atoms with Gasteiger partial charge in [0.05, 0.1) is 29.4 Å². The van der Waals surface area contributed by atoms with Crippen LogP contribution in [0.4, 0.5) is 11.4 Å². The number of amides is 1. The van der Waals surface area contributed by atoms with Crippen molar-refractivity contribution < 1.29 is 32.3 Å².